The molecule has 2 atom stereocenters. The Balaban J connectivity index is 0.000000296. The molecule has 0 aliphatic carbocycles. The van der Waals surface area contributed by atoms with Crippen LogP contribution < -0.4 is 33.7 Å². The van der Waals surface area contributed by atoms with Crippen LogP contribution in [0.3, 0.4) is 0 Å². The van der Waals surface area contributed by atoms with E-state index in [1.807, 2.05) is 69.7 Å². The molecule has 0 spiro atoms. The van der Waals surface area contributed by atoms with E-state index < -0.39 is 23.0 Å². The first kappa shape index (κ1) is 43.9. The Morgan fingerprint density at radius 1 is 0.564 bits per heavy atom. The summed E-state index contributed by atoms with van der Waals surface area (Å²) >= 11 is 0. The molecule has 55 heavy (non-hydrogen) atoms. The highest BCUT2D eigenvalue weighted by atomic mass is 16.5. The molecule has 2 unspecified atom stereocenters. The minimum atomic E-state index is -0.461. The summed E-state index contributed by atoms with van der Waals surface area (Å²) in [5.74, 6) is 1.58. The van der Waals surface area contributed by atoms with Gasteiger partial charge in [0.2, 0.25) is 11.5 Å². The zero-order valence-electron chi connectivity index (χ0n) is 33.9. The van der Waals surface area contributed by atoms with Crippen molar-refractivity contribution >= 4 is 11.9 Å². The third kappa shape index (κ3) is 10.2. The van der Waals surface area contributed by atoms with Crippen molar-refractivity contribution in [2.24, 2.45) is 0 Å². The van der Waals surface area contributed by atoms with Crippen molar-refractivity contribution < 1.29 is 47.5 Å². The Morgan fingerprint density at radius 2 is 0.945 bits per heavy atom. The molecular formula is C43H56N2O10. The normalized spacial score (nSPS) is 12.9. The highest BCUT2D eigenvalue weighted by molar-refractivity contribution is 5.92. The summed E-state index contributed by atoms with van der Waals surface area (Å²) in [6, 6.07) is 26.4. The van der Waals surface area contributed by atoms with Crippen molar-refractivity contribution in [1.82, 2.24) is 10.2 Å². The summed E-state index contributed by atoms with van der Waals surface area (Å²) in [6.45, 7) is 4.55. The molecule has 0 saturated carbocycles. The number of benzene rings is 4. The van der Waals surface area contributed by atoms with Gasteiger partial charge in [-0.05, 0) is 69.4 Å². The average molecular weight is 761 g/mol. The lowest BCUT2D eigenvalue weighted by atomic mass is 9.87. The average Bonchev–Trinajstić information content (AvgIpc) is 3.23. The van der Waals surface area contributed by atoms with Gasteiger partial charge in [-0.3, -0.25) is 4.90 Å². The maximum atomic E-state index is 12.8. The van der Waals surface area contributed by atoms with Crippen molar-refractivity contribution in [1.29, 1.82) is 0 Å². The maximum absolute atomic E-state index is 12.8. The molecule has 12 nitrogen and oxygen atoms in total. The highest BCUT2D eigenvalue weighted by Gasteiger charge is 2.35. The van der Waals surface area contributed by atoms with Gasteiger partial charge >= 0.3 is 11.9 Å². The summed E-state index contributed by atoms with van der Waals surface area (Å²) in [6.07, 6.45) is 1.54. The number of carbonyl (C=O) groups excluding carboxylic acids is 2. The Morgan fingerprint density at radius 3 is 1.25 bits per heavy atom. The fraction of sp³-hybridized carbons (Fsp3) is 0.395. The quantitative estimate of drug-likeness (QED) is 0.104. The fourth-order valence-corrected chi connectivity index (χ4v) is 6.32. The molecular weight excluding hydrogens is 704 g/mol. The zero-order chi connectivity index (χ0) is 40.6. The monoisotopic (exact) mass is 760 g/mol. The number of carbonyl (C=O) groups is 2. The second kappa shape index (κ2) is 20.8. The first-order chi connectivity index (χ1) is 26.5. The van der Waals surface area contributed by atoms with E-state index in [4.69, 9.17) is 37.9 Å². The van der Waals surface area contributed by atoms with Crippen molar-refractivity contribution in [2.45, 2.75) is 37.8 Å². The molecule has 0 radical (unpaired) electrons. The Kier molecular flexibility index (Phi) is 16.7. The summed E-state index contributed by atoms with van der Waals surface area (Å²) in [7, 11) is 14.9. The first-order valence-electron chi connectivity index (χ1n) is 17.9. The predicted molar refractivity (Wildman–Crippen MR) is 212 cm³/mol. The van der Waals surface area contributed by atoms with Gasteiger partial charge in [-0.2, -0.15) is 0 Å². The Hall–Kier alpha value is -5.46. The summed E-state index contributed by atoms with van der Waals surface area (Å²) in [5, 5.41) is 3.31. The van der Waals surface area contributed by atoms with Gasteiger partial charge in [0, 0.05) is 0 Å². The number of likely N-dealkylation sites (N-methyl/N-ethyl adjacent to an activating group) is 2. The van der Waals surface area contributed by atoms with E-state index in [0.717, 1.165) is 24.0 Å². The van der Waals surface area contributed by atoms with Crippen molar-refractivity contribution in [3.05, 3.63) is 107 Å². The van der Waals surface area contributed by atoms with Crippen LogP contribution in [0.5, 0.6) is 34.5 Å². The van der Waals surface area contributed by atoms with Crippen LogP contribution in [0.1, 0.15) is 58.5 Å². The molecule has 0 saturated heterocycles. The molecule has 0 heterocycles. The maximum Gasteiger partial charge on any atom is 0.338 e. The molecule has 0 amide bonds. The van der Waals surface area contributed by atoms with Crippen LogP contribution >= 0.6 is 0 Å². The minimum absolute atomic E-state index is 0.194. The number of rotatable bonds is 18. The van der Waals surface area contributed by atoms with E-state index in [-0.39, 0.29) is 13.2 Å². The standard InChI is InChI=1S/C22H29NO5.C21H27NO5/c1-7-22(23(2)3,17-11-9-8-10-12-17)15-28-21(24)16-13-18(25-4)20(27-6)19(14-16)26-5;1-6-21(22-2,16-10-8-7-9-11-16)14-27-20(23)15-12-17(24-3)19(26-5)18(13-15)25-4/h8-14H,7,15H2,1-6H3;7-13,22H,6,14H2,1-5H3. The number of esters is 2. The van der Waals surface area contributed by atoms with E-state index in [1.54, 1.807) is 24.3 Å². The smallest absolute Gasteiger partial charge is 0.338 e. The zero-order valence-corrected chi connectivity index (χ0v) is 33.9. The summed E-state index contributed by atoms with van der Waals surface area (Å²) < 4.78 is 43.2. The molecule has 12 heteroatoms. The lowest BCUT2D eigenvalue weighted by molar-refractivity contribution is 0.0119. The number of nitrogens with zero attached hydrogens (tertiary/aromatic N) is 1. The first-order valence-corrected chi connectivity index (χ1v) is 17.9. The third-order valence-corrected chi connectivity index (χ3v) is 9.85. The molecule has 0 bridgehead atoms. The molecule has 4 aromatic rings. The summed E-state index contributed by atoms with van der Waals surface area (Å²) in [5.41, 5.74) is 1.95. The second-order valence-electron chi connectivity index (χ2n) is 12.7. The van der Waals surface area contributed by atoms with Crippen LogP contribution in [0, 0.1) is 0 Å². The van der Waals surface area contributed by atoms with Crippen molar-refractivity contribution in [3.63, 3.8) is 0 Å². The predicted octanol–water partition coefficient (Wildman–Crippen LogP) is 7.13. The molecule has 1 N–H and O–H groups in total. The molecule has 0 fully saturated rings. The SMILES string of the molecule is CCC(COC(=O)c1cc(OC)c(OC)c(OC)c1)(NC)c1ccccc1.CCC(COC(=O)c1cc(OC)c(OC)c(OC)c1)(c1ccccc1)N(C)C. The molecule has 4 rings (SSSR count). The van der Waals surface area contributed by atoms with Crippen LogP contribution in [0.4, 0.5) is 0 Å². The summed E-state index contributed by atoms with van der Waals surface area (Å²) in [4.78, 5) is 27.6. The van der Waals surface area contributed by atoms with Crippen LogP contribution in [-0.2, 0) is 20.6 Å². The van der Waals surface area contributed by atoms with Gasteiger partial charge in [0.1, 0.15) is 13.2 Å². The fourth-order valence-electron chi connectivity index (χ4n) is 6.32. The largest absolute Gasteiger partial charge is 0.493 e. The van der Waals surface area contributed by atoms with Gasteiger partial charge < -0.3 is 43.2 Å². The topological polar surface area (TPSA) is 123 Å². The van der Waals surface area contributed by atoms with Crippen molar-refractivity contribution in [3.8, 4) is 34.5 Å². The minimum Gasteiger partial charge on any atom is -0.493 e. The molecule has 4 aromatic carbocycles. The van der Waals surface area contributed by atoms with Gasteiger partial charge in [-0.25, -0.2) is 9.59 Å². The molecule has 0 aromatic heterocycles. The third-order valence-electron chi connectivity index (χ3n) is 9.85. The van der Waals surface area contributed by atoms with Gasteiger partial charge in [0.15, 0.2) is 23.0 Å². The molecule has 0 aliphatic heterocycles. The van der Waals surface area contributed by atoms with Gasteiger partial charge in [-0.15, -0.1) is 0 Å². The Labute approximate surface area is 325 Å². The highest BCUT2D eigenvalue weighted by Crippen LogP contribution is 2.40. The van der Waals surface area contributed by atoms with Crippen LogP contribution in [0.2, 0.25) is 0 Å². The van der Waals surface area contributed by atoms with Crippen LogP contribution in [-0.4, -0.2) is 93.9 Å². The van der Waals surface area contributed by atoms with E-state index in [1.165, 1.54) is 42.7 Å². The number of nitrogens with one attached hydrogen (secondary N) is 1. The Bertz CT molecular complexity index is 1760. The van der Waals surface area contributed by atoms with E-state index in [0.29, 0.717) is 45.6 Å². The van der Waals surface area contributed by atoms with Crippen molar-refractivity contribution in [2.75, 3.05) is 77.0 Å². The lowest BCUT2D eigenvalue weighted by Gasteiger charge is -2.39. The second-order valence-corrected chi connectivity index (χ2v) is 12.7. The number of hydrogen-bond donors (Lipinski definition) is 1. The van der Waals surface area contributed by atoms with E-state index in [2.05, 4.69) is 36.2 Å². The van der Waals surface area contributed by atoms with Crippen LogP contribution in [0.15, 0.2) is 84.9 Å². The lowest BCUT2D eigenvalue weighted by Crippen LogP contribution is -2.45. The van der Waals surface area contributed by atoms with Crippen LogP contribution in [0.25, 0.3) is 0 Å². The number of methoxy groups -OCH3 is 6. The molecule has 0 aliphatic rings. The van der Waals surface area contributed by atoms with E-state index >= 15 is 0 Å². The van der Waals surface area contributed by atoms with Gasteiger partial charge in [0.05, 0.1) is 64.9 Å². The van der Waals surface area contributed by atoms with E-state index in [9.17, 15) is 9.59 Å². The number of hydrogen-bond acceptors (Lipinski definition) is 12. The van der Waals surface area contributed by atoms with Gasteiger partial charge in [0.25, 0.3) is 0 Å². The number of ether oxygens (including phenoxy) is 8. The molecule has 298 valence electrons. The van der Waals surface area contributed by atoms with Gasteiger partial charge in [-0.1, -0.05) is 74.5 Å².